The van der Waals surface area contributed by atoms with Crippen LogP contribution in [0.2, 0.25) is 0 Å². The number of anilines is 1. The number of primary amides is 1. The highest BCUT2D eigenvalue weighted by molar-refractivity contribution is 7.52. The first-order chi connectivity index (χ1) is 24.2. The van der Waals surface area contributed by atoms with E-state index in [2.05, 4.69) is 16.3 Å². The minimum atomic E-state index is -5.62. The summed E-state index contributed by atoms with van der Waals surface area (Å²) in [4.78, 5) is 64.2. The first kappa shape index (κ1) is 40.9. The van der Waals surface area contributed by atoms with E-state index < -0.39 is 24.7 Å². The maximum Gasteiger partial charge on any atom is 0.399 e. The van der Waals surface area contributed by atoms with Gasteiger partial charge in [-0.3, -0.25) is 18.9 Å². The summed E-state index contributed by atoms with van der Waals surface area (Å²) < 4.78 is 38.0. The van der Waals surface area contributed by atoms with Crippen molar-refractivity contribution < 1.29 is 42.3 Å². The number of hydrogen-bond donors (Lipinski definition) is 4. The molecule has 0 bridgehead atoms. The van der Waals surface area contributed by atoms with Crippen molar-refractivity contribution in [1.29, 1.82) is 5.26 Å². The fraction of sp³-hybridized carbons (Fsp3) is 0.417. The molecular weight excluding hydrogens is 683 g/mol. The summed E-state index contributed by atoms with van der Waals surface area (Å²) in [5, 5.41) is 12.6. The van der Waals surface area contributed by atoms with Crippen molar-refractivity contribution in [2.24, 2.45) is 17.6 Å². The molecule has 12 nitrogen and oxygen atoms in total. The molecule has 274 valence electrons. The lowest BCUT2D eigenvalue weighted by Crippen LogP contribution is -2.36. The summed E-state index contributed by atoms with van der Waals surface area (Å²) in [7, 11) is -3.69. The molecule has 0 spiro atoms. The summed E-state index contributed by atoms with van der Waals surface area (Å²) in [5.41, 5.74) is 0.880. The molecule has 3 fully saturated rings. The van der Waals surface area contributed by atoms with Gasteiger partial charge in [0, 0.05) is 48.9 Å². The maximum atomic E-state index is 13.6. The second kappa shape index (κ2) is 18.6. The molecule has 3 aliphatic heterocycles. The first-order valence-electron chi connectivity index (χ1n) is 16.5. The number of nitriles is 1. The van der Waals surface area contributed by atoms with Crippen LogP contribution in [0.15, 0.2) is 66.7 Å². The number of para-hydroxylation sites is 1. The number of halogens is 2. The van der Waals surface area contributed by atoms with E-state index in [0.29, 0.717) is 30.4 Å². The van der Waals surface area contributed by atoms with Crippen LogP contribution in [0.5, 0.6) is 0 Å². The van der Waals surface area contributed by atoms with E-state index >= 15 is 0 Å². The van der Waals surface area contributed by atoms with Gasteiger partial charge in [-0.25, -0.2) is 0 Å². The molecule has 51 heavy (non-hydrogen) atoms. The molecule has 15 heteroatoms. The Morgan fingerprint density at radius 2 is 1.65 bits per heavy atom. The SMILES string of the molecule is C=O.CN1CC(C#N)C(C(=O)Nc2ccccc2)C1.NC(=O)c1ccc2ccc(C(F)(F)P(=O)(O)O)cc2c1.O=C1CCCCCC2CCCN12. The van der Waals surface area contributed by atoms with E-state index in [0.717, 1.165) is 37.2 Å². The highest BCUT2D eigenvalue weighted by atomic mass is 31.2. The smallest absolute Gasteiger partial charge is 0.366 e. The van der Waals surface area contributed by atoms with Gasteiger partial charge in [-0.15, -0.1) is 0 Å². The van der Waals surface area contributed by atoms with Crippen LogP contribution in [0.4, 0.5) is 14.5 Å². The van der Waals surface area contributed by atoms with Crippen molar-refractivity contribution in [3.63, 3.8) is 0 Å². The van der Waals surface area contributed by atoms with Crippen LogP contribution in [0.3, 0.4) is 0 Å². The number of alkyl halides is 2. The Kier molecular flexibility index (Phi) is 14.9. The molecule has 0 saturated carbocycles. The zero-order valence-corrected chi connectivity index (χ0v) is 29.3. The van der Waals surface area contributed by atoms with Crippen LogP contribution in [0, 0.1) is 23.2 Å². The number of nitrogens with zero attached hydrogens (tertiary/aromatic N) is 3. The first-order valence-corrected chi connectivity index (χ1v) is 18.1. The molecular formula is C36H44F2N5O7P. The number of amides is 3. The highest BCUT2D eigenvalue weighted by Crippen LogP contribution is 2.59. The number of nitrogens with two attached hydrogens (primary N) is 1. The second-order valence-corrected chi connectivity index (χ2v) is 14.3. The predicted molar refractivity (Wildman–Crippen MR) is 189 cm³/mol. The third-order valence-corrected chi connectivity index (χ3v) is 10.00. The van der Waals surface area contributed by atoms with Gasteiger partial charge in [0.15, 0.2) is 0 Å². The molecule has 0 aliphatic carbocycles. The van der Waals surface area contributed by atoms with Gasteiger partial charge in [0.05, 0.1) is 17.9 Å². The van der Waals surface area contributed by atoms with Crippen LogP contribution >= 0.6 is 7.60 Å². The van der Waals surface area contributed by atoms with Crippen LogP contribution in [-0.2, 0) is 24.6 Å². The summed E-state index contributed by atoms with van der Waals surface area (Å²) in [6, 6.07) is 19.5. The molecule has 3 aromatic rings. The minimum Gasteiger partial charge on any atom is -0.366 e. The predicted octanol–water partition coefficient (Wildman–Crippen LogP) is 5.25. The van der Waals surface area contributed by atoms with Gasteiger partial charge >= 0.3 is 13.3 Å². The lowest BCUT2D eigenvalue weighted by Gasteiger charge is -2.26. The second-order valence-electron chi connectivity index (χ2n) is 12.6. The van der Waals surface area contributed by atoms with E-state index in [4.69, 9.17) is 25.6 Å². The van der Waals surface area contributed by atoms with Crippen LogP contribution in [0.25, 0.3) is 10.8 Å². The standard InChI is InChI=1S/C13H15N3O.C12H10F2NO4P.C10H17NO.CH2O/c1-16-8-10(7-14)12(9-16)13(17)15-11-5-3-2-4-6-11;13-12(14,20(17,18)19)10-4-3-7-1-2-8(11(15)16)5-9(7)6-10;12-10-7-3-1-2-5-9-6-4-8-11(9)10;1-2/h2-6,10,12H,8-9H2,1H3,(H,15,17);1-6H,(H2,15,16)(H2,17,18,19);9H,1-8H2;1H2. The number of nitrogens with one attached hydrogen (secondary N) is 1. The van der Waals surface area contributed by atoms with E-state index in [1.54, 1.807) is 0 Å². The van der Waals surface area contributed by atoms with Crippen molar-refractivity contribution in [2.75, 3.05) is 32.0 Å². The average molecular weight is 728 g/mol. The summed E-state index contributed by atoms with van der Waals surface area (Å²) in [5.74, 6) is -0.808. The Bertz CT molecular complexity index is 1750. The number of carbonyl (C=O) groups is 4. The van der Waals surface area contributed by atoms with E-state index in [-0.39, 0.29) is 28.7 Å². The van der Waals surface area contributed by atoms with E-state index in [1.165, 1.54) is 56.4 Å². The molecule has 3 amide bonds. The Hall–Kier alpha value is -4.54. The Morgan fingerprint density at radius 1 is 0.980 bits per heavy atom. The summed E-state index contributed by atoms with van der Waals surface area (Å²) >= 11 is 0. The molecule has 0 radical (unpaired) electrons. The number of carbonyl (C=O) groups excluding carboxylic acids is 4. The van der Waals surface area contributed by atoms with Crippen LogP contribution in [0.1, 0.15) is 60.9 Å². The average Bonchev–Trinajstić information content (AvgIpc) is 3.74. The molecule has 6 rings (SSSR count). The van der Waals surface area contributed by atoms with Crippen molar-refractivity contribution >= 4 is 48.6 Å². The van der Waals surface area contributed by atoms with Gasteiger partial charge in [-0.05, 0) is 73.8 Å². The largest absolute Gasteiger partial charge is 0.399 e. The third kappa shape index (κ3) is 11.0. The molecule has 3 saturated heterocycles. The molecule has 0 aromatic heterocycles. The lowest BCUT2D eigenvalue weighted by atomic mass is 9.97. The highest BCUT2D eigenvalue weighted by Gasteiger charge is 2.50. The monoisotopic (exact) mass is 727 g/mol. The fourth-order valence-corrected chi connectivity index (χ4v) is 6.82. The zero-order chi connectivity index (χ0) is 37.8. The van der Waals surface area contributed by atoms with Gasteiger partial charge in [0.2, 0.25) is 17.7 Å². The fourth-order valence-electron chi connectivity index (χ4n) is 6.35. The third-order valence-electron chi connectivity index (χ3n) is 9.01. The van der Waals surface area contributed by atoms with Gasteiger partial charge in [-0.2, -0.15) is 14.0 Å². The molecule has 3 atom stereocenters. The minimum absolute atomic E-state index is 0.0629. The number of fused-ring (bicyclic) bond motifs is 2. The molecule has 3 unspecified atom stereocenters. The topological polar surface area (TPSA) is 194 Å². The molecule has 3 aromatic carbocycles. The van der Waals surface area contributed by atoms with E-state index in [9.17, 15) is 27.7 Å². The van der Waals surface area contributed by atoms with Gasteiger partial charge in [0.1, 0.15) is 6.79 Å². The molecule has 5 N–H and O–H groups in total. The summed E-state index contributed by atoms with van der Waals surface area (Å²) in [6.07, 6.45) is 8.25. The van der Waals surface area contributed by atoms with Crippen molar-refractivity contribution in [3.8, 4) is 6.07 Å². The number of hydrogen-bond acceptors (Lipinski definition) is 7. The zero-order valence-electron chi connectivity index (χ0n) is 28.4. The van der Waals surface area contributed by atoms with Gasteiger partial charge in [-0.1, -0.05) is 49.2 Å². The lowest BCUT2D eigenvalue weighted by molar-refractivity contribution is -0.132. The van der Waals surface area contributed by atoms with Crippen molar-refractivity contribution in [3.05, 3.63) is 77.9 Å². The van der Waals surface area contributed by atoms with Crippen LogP contribution < -0.4 is 11.1 Å². The maximum absolute atomic E-state index is 13.6. The number of rotatable bonds is 5. The molecule has 3 heterocycles. The molecule has 3 aliphatic rings. The van der Waals surface area contributed by atoms with Crippen molar-refractivity contribution in [2.45, 2.75) is 56.7 Å². The summed E-state index contributed by atoms with van der Waals surface area (Å²) in [6.45, 7) is 4.35. The Morgan fingerprint density at radius 3 is 2.29 bits per heavy atom. The van der Waals surface area contributed by atoms with Gasteiger partial charge in [0.25, 0.3) is 0 Å². The number of likely N-dealkylation sites (tertiary alicyclic amines) is 1. The normalized spacial score (nSPS) is 20.4. The quantitative estimate of drug-likeness (QED) is 0.254. The van der Waals surface area contributed by atoms with Gasteiger partial charge < -0.3 is 35.4 Å². The van der Waals surface area contributed by atoms with Crippen molar-refractivity contribution in [1.82, 2.24) is 9.80 Å². The Labute approximate surface area is 295 Å². The Balaban J connectivity index is 0.000000207. The van der Waals surface area contributed by atoms with Crippen LogP contribution in [-0.4, -0.2) is 76.8 Å². The van der Waals surface area contributed by atoms with E-state index in [1.807, 2.05) is 49.1 Å². The number of benzene rings is 3.